The number of piperazine rings is 1. The summed E-state index contributed by atoms with van der Waals surface area (Å²) < 4.78 is 0. The van der Waals surface area contributed by atoms with Crippen LogP contribution in [0.5, 0.6) is 0 Å². The Morgan fingerprint density at radius 1 is 0.778 bits per heavy atom. The summed E-state index contributed by atoms with van der Waals surface area (Å²) in [5.41, 5.74) is 0. The molecule has 0 N–H and O–H groups in total. The van der Waals surface area contributed by atoms with Crippen LogP contribution in [0.15, 0.2) is 0 Å². The van der Waals surface area contributed by atoms with Crippen LogP contribution in [0, 0.1) is 5.92 Å². The van der Waals surface area contributed by atoms with Gasteiger partial charge < -0.3 is 14.7 Å². The minimum Gasteiger partial charge on any atom is -0.304 e. The fourth-order valence-electron chi connectivity index (χ4n) is 3.36. The van der Waals surface area contributed by atoms with Gasteiger partial charge in [0.05, 0.1) is 0 Å². The van der Waals surface area contributed by atoms with Gasteiger partial charge in [0, 0.05) is 32.7 Å². The minimum atomic E-state index is 0.963. The molecule has 2 fully saturated rings. The van der Waals surface area contributed by atoms with Gasteiger partial charge in [-0.1, -0.05) is 13.8 Å². The summed E-state index contributed by atoms with van der Waals surface area (Å²) in [5, 5.41) is 0. The highest BCUT2D eigenvalue weighted by Crippen LogP contribution is 2.18. The van der Waals surface area contributed by atoms with Crippen molar-refractivity contribution in [3.05, 3.63) is 0 Å². The maximum atomic E-state index is 2.71. The van der Waals surface area contributed by atoms with Crippen molar-refractivity contribution in [3.63, 3.8) is 0 Å². The summed E-state index contributed by atoms with van der Waals surface area (Å²) in [4.78, 5) is 7.92. The van der Waals surface area contributed by atoms with E-state index in [1.807, 2.05) is 0 Å². The standard InChI is InChI=1S/C15H31N3/c1-3-7-17-10-12-18(13-11-17)14-15-5-8-16(4-2)9-6-15/h15H,3-14H2,1-2H3. The van der Waals surface area contributed by atoms with Gasteiger partial charge in [0.15, 0.2) is 0 Å². The highest BCUT2D eigenvalue weighted by Gasteiger charge is 2.22. The first-order valence-electron chi connectivity index (χ1n) is 7.99. The SMILES string of the molecule is CCCN1CCN(CC2CCN(CC)CC2)CC1. The Labute approximate surface area is 113 Å². The fraction of sp³-hybridized carbons (Fsp3) is 1.00. The van der Waals surface area contributed by atoms with Gasteiger partial charge in [-0.3, -0.25) is 0 Å². The van der Waals surface area contributed by atoms with E-state index in [2.05, 4.69) is 28.5 Å². The van der Waals surface area contributed by atoms with Crippen molar-refractivity contribution >= 4 is 0 Å². The summed E-state index contributed by atoms with van der Waals surface area (Å²) in [6.45, 7) is 16.3. The number of hydrogen-bond acceptors (Lipinski definition) is 3. The Hall–Kier alpha value is -0.120. The summed E-state index contributed by atoms with van der Waals surface area (Å²) in [6.07, 6.45) is 4.14. The third-order valence-electron chi connectivity index (χ3n) is 4.68. The third kappa shape index (κ3) is 4.22. The lowest BCUT2D eigenvalue weighted by Crippen LogP contribution is -2.48. The van der Waals surface area contributed by atoms with Crippen molar-refractivity contribution in [2.75, 3.05) is 58.9 Å². The number of hydrogen-bond donors (Lipinski definition) is 0. The molecule has 0 aromatic rings. The van der Waals surface area contributed by atoms with Gasteiger partial charge in [-0.25, -0.2) is 0 Å². The highest BCUT2D eigenvalue weighted by molar-refractivity contribution is 4.78. The predicted octanol–water partition coefficient (Wildman–Crippen LogP) is 1.75. The molecule has 0 amide bonds. The minimum absolute atomic E-state index is 0.963. The molecular weight excluding hydrogens is 222 g/mol. The lowest BCUT2D eigenvalue weighted by atomic mass is 9.96. The van der Waals surface area contributed by atoms with Gasteiger partial charge in [0.1, 0.15) is 0 Å². The first-order chi connectivity index (χ1) is 8.81. The molecule has 3 nitrogen and oxygen atoms in total. The first kappa shape index (κ1) is 14.3. The average molecular weight is 253 g/mol. The van der Waals surface area contributed by atoms with Crippen LogP contribution in [0.3, 0.4) is 0 Å². The van der Waals surface area contributed by atoms with Crippen molar-refractivity contribution in [2.45, 2.75) is 33.1 Å². The van der Waals surface area contributed by atoms with Crippen LogP contribution in [0.2, 0.25) is 0 Å². The Kier molecular flexibility index (Phi) is 5.93. The van der Waals surface area contributed by atoms with Gasteiger partial charge in [0.2, 0.25) is 0 Å². The lowest BCUT2D eigenvalue weighted by molar-refractivity contribution is 0.0964. The second kappa shape index (κ2) is 7.46. The van der Waals surface area contributed by atoms with Gasteiger partial charge in [-0.2, -0.15) is 0 Å². The van der Waals surface area contributed by atoms with E-state index in [-0.39, 0.29) is 0 Å². The summed E-state index contributed by atoms with van der Waals surface area (Å²) >= 11 is 0. The molecule has 0 spiro atoms. The molecule has 106 valence electrons. The zero-order valence-corrected chi connectivity index (χ0v) is 12.4. The van der Waals surface area contributed by atoms with Gasteiger partial charge in [0.25, 0.3) is 0 Å². The average Bonchev–Trinajstić information content (AvgIpc) is 2.42. The molecular formula is C15H31N3. The molecule has 0 unspecified atom stereocenters. The molecule has 2 saturated heterocycles. The van der Waals surface area contributed by atoms with Crippen LogP contribution >= 0.6 is 0 Å². The lowest BCUT2D eigenvalue weighted by Gasteiger charge is -2.38. The van der Waals surface area contributed by atoms with E-state index in [1.54, 1.807) is 0 Å². The molecule has 2 aliphatic rings. The Morgan fingerprint density at radius 2 is 1.39 bits per heavy atom. The van der Waals surface area contributed by atoms with E-state index in [0.717, 1.165) is 5.92 Å². The first-order valence-corrected chi connectivity index (χ1v) is 7.99. The summed E-state index contributed by atoms with van der Waals surface area (Å²) in [6, 6.07) is 0. The van der Waals surface area contributed by atoms with E-state index in [9.17, 15) is 0 Å². The van der Waals surface area contributed by atoms with Crippen LogP contribution in [-0.4, -0.2) is 73.6 Å². The third-order valence-corrected chi connectivity index (χ3v) is 4.68. The van der Waals surface area contributed by atoms with E-state index >= 15 is 0 Å². The molecule has 2 aliphatic heterocycles. The second-order valence-electron chi connectivity index (χ2n) is 6.02. The number of likely N-dealkylation sites (tertiary alicyclic amines) is 1. The quantitative estimate of drug-likeness (QED) is 0.739. The zero-order chi connectivity index (χ0) is 12.8. The molecule has 0 aliphatic carbocycles. The van der Waals surface area contributed by atoms with Crippen molar-refractivity contribution in [1.82, 2.24) is 14.7 Å². The summed E-state index contributed by atoms with van der Waals surface area (Å²) in [7, 11) is 0. The predicted molar refractivity (Wildman–Crippen MR) is 78.0 cm³/mol. The Balaban J connectivity index is 1.63. The van der Waals surface area contributed by atoms with Crippen molar-refractivity contribution in [2.24, 2.45) is 5.92 Å². The normalized spacial score (nSPS) is 25.7. The van der Waals surface area contributed by atoms with Crippen LogP contribution in [0.4, 0.5) is 0 Å². The molecule has 3 heteroatoms. The number of nitrogens with zero attached hydrogens (tertiary/aromatic N) is 3. The van der Waals surface area contributed by atoms with E-state index < -0.39 is 0 Å². The van der Waals surface area contributed by atoms with Crippen LogP contribution < -0.4 is 0 Å². The van der Waals surface area contributed by atoms with Crippen LogP contribution in [0.1, 0.15) is 33.1 Å². The van der Waals surface area contributed by atoms with Crippen molar-refractivity contribution in [3.8, 4) is 0 Å². The topological polar surface area (TPSA) is 9.72 Å². The molecule has 0 saturated carbocycles. The highest BCUT2D eigenvalue weighted by atomic mass is 15.3. The molecule has 0 bridgehead atoms. The molecule has 0 radical (unpaired) electrons. The number of piperidine rings is 1. The number of rotatable bonds is 5. The molecule has 2 rings (SSSR count). The molecule has 2 heterocycles. The van der Waals surface area contributed by atoms with E-state index in [1.165, 1.54) is 78.2 Å². The Morgan fingerprint density at radius 3 is 1.94 bits per heavy atom. The second-order valence-corrected chi connectivity index (χ2v) is 6.02. The maximum Gasteiger partial charge on any atom is 0.0110 e. The van der Waals surface area contributed by atoms with Gasteiger partial charge in [-0.05, 0) is 51.4 Å². The van der Waals surface area contributed by atoms with E-state index in [0.29, 0.717) is 0 Å². The monoisotopic (exact) mass is 253 g/mol. The maximum absolute atomic E-state index is 2.71. The molecule has 0 aromatic heterocycles. The van der Waals surface area contributed by atoms with Crippen LogP contribution in [0.25, 0.3) is 0 Å². The largest absolute Gasteiger partial charge is 0.304 e. The van der Waals surface area contributed by atoms with Gasteiger partial charge >= 0.3 is 0 Å². The smallest absolute Gasteiger partial charge is 0.0110 e. The fourth-order valence-corrected chi connectivity index (χ4v) is 3.36. The molecule has 0 atom stereocenters. The zero-order valence-electron chi connectivity index (χ0n) is 12.4. The molecule has 18 heavy (non-hydrogen) atoms. The summed E-state index contributed by atoms with van der Waals surface area (Å²) in [5.74, 6) is 0.963. The molecule has 0 aromatic carbocycles. The van der Waals surface area contributed by atoms with Crippen molar-refractivity contribution in [1.29, 1.82) is 0 Å². The van der Waals surface area contributed by atoms with Crippen molar-refractivity contribution < 1.29 is 0 Å². The van der Waals surface area contributed by atoms with E-state index in [4.69, 9.17) is 0 Å². The van der Waals surface area contributed by atoms with Crippen LogP contribution in [-0.2, 0) is 0 Å². The Bertz CT molecular complexity index is 216. The van der Waals surface area contributed by atoms with Gasteiger partial charge in [-0.15, -0.1) is 0 Å².